The number of aromatic amines is 1. The van der Waals surface area contributed by atoms with E-state index in [1.54, 1.807) is 0 Å². The molecule has 0 amide bonds. The minimum Gasteiger partial charge on any atom is -0.376 e. The van der Waals surface area contributed by atoms with Gasteiger partial charge in [-0.05, 0) is 78.9 Å². The Bertz CT molecular complexity index is 1550. The standard InChI is InChI=1S/C29H34ClN7O2/c1-18-6-7-20(3)26-23(18)16-24(29(38)31-26)27(28-32-33-34-37(28)17-22-5-4-14-39-22)36-12-10-35(11-13-36)25-15-21(30)9-8-19(25)2/h6-9,15-16,22,27H,4-5,10-14,17H2,1-3H3,(H,31,38)/t22-,27+/m1/s1. The van der Waals surface area contributed by atoms with Crippen LogP contribution in [0, 0.1) is 20.8 Å². The van der Waals surface area contributed by atoms with Gasteiger partial charge in [-0.3, -0.25) is 9.69 Å². The predicted octanol–water partition coefficient (Wildman–Crippen LogP) is 4.18. The fourth-order valence-corrected chi connectivity index (χ4v) is 6.12. The van der Waals surface area contributed by atoms with Gasteiger partial charge >= 0.3 is 0 Å². The van der Waals surface area contributed by atoms with Gasteiger partial charge in [0, 0.05) is 54.4 Å². The van der Waals surface area contributed by atoms with Crippen LogP contribution < -0.4 is 10.5 Å². The number of piperazine rings is 1. The van der Waals surface area contributed by atoms with E-state index in [1.807, 2.05) is 35.9 Å². The second kappa shape index (κ2) is 10.7. The summed E-state index contributed by atoms with van der Waals surface area (Å²) in [5, 5.41) is 14.7. The van der Waals surface area contributed by atoms with Crippen molar-refractivity contribution in [1.82, 2.24) is 30.1 Å². The number of aryl methyl sites for hydroxylation is 3. The van der Waals surface area contributed by atoms with Gasteiger partial charge in [-0.2, -0.15) is 0 Å². The summed E-state index contributed by atoms with van der Waals surface area (Å²) in [6, 6.07) is 11.8. The molecule has 2 aromatic carbocycles. The van der Waals surface area contributed by atoms with Crippen LogP contribution in [0.3, 0.4) is 0 Å². The molecule has 2 atom stereocenters. The summed E-state index contributed by atoms with van der Waals surface area (Å²) in [7, 11) is 0. The van der Waals surface area contributed by atoms with E-state index in [1.165, 1.54) is 5.56 Å². The first-order valence-electron chi connectivity index (χ1n) is 13.6. The van der Waals surface area contributed by atoms with Crippen molar-refractivity contribution in [3.63, 3.8) is 0 Å². The topological polar surface area (TPSA) is 92.2 Å². The Balaban J connectivity index is 1.39. The maximum absolute atomic E-state index is 13.7. The molecule has 39 heavy (non-hydrogen) atoms. The van der Waals surface area contributed by atoms with Crippen molar-refractivity contribution in [1.29, 1.82) is 0 Å². The quantitative estimate of drug-likeness (QED) is 0.387. The lowest BCUT2D eigenvalue weighted by atomic mass is 9.99. The van der Waals surface area contributed by atoms with Crippen molar-refractivity contribution in [2.45, 2.75) is 52.3 Å². The third-order valence-electron chi connectivity index (χ3n) is 8.16. The molecule has 2 aliphatic heterocycles. The van der Waals surface area contributed by atoms with Gasteiger partial charge in [-0.25, -0.2) is 4.68 Å². The molecular weight excluding hydrogens is 514 g/mol. The normalized spacial score (nSPS) is 19.2. The van der Waals surface area contributed by atoms with Crippen LogP contribution in [0.2, 0.25) is 5.02 Å². The molecule has 0 spiro atoms. The summed E-state index contributed by atoms with van der Waals surface area (Å²) in [5.74, 6) is 0.674. The van der Waals surface area contributed by atoms with Crippen molar-refractivity contribution < 1.29 is 4.74 Å². The molecule has 0 aliphatic carbocycles. The van der Waals surface area contributed by atoms with E-state index in [4.69, 9.17) is 16.3 Å². The largest absolute Gasteiger partial charge is 0.376 e. The number of fused-ring (bicyclic) bond motifs is 1. The summed E-state index contributed by atoms with van der Waals surface area (Å²) in [6.07, 6.45) is 2.10. The summed E-state index contributed by atoms with van der Waals surface area (Å²) < 4.78 is 7.73. The maximum Gasteiger partial charge on any atom is 0.253 e. The number of pyridine rings is 1. The first-order valence-corrected chi connectivity index (χ1v) is 14.0. The van der Waals surface area contributed by atoms with E-state index >= 15 is 0 Å². The Morgan fingerprint density at radius 1 is 1.05 bits per heavy atom. The Morgan fingerprint density at radius 3 is 2.59 bits per heavy atom. The lowest BCUT2D eigenvalue weighted by molar-refractivity contribution is 0.0906. The van der Waals surface area contributed by atoms with E-state index in [-0.39, 0.29) is 11.7 Å². The Labute approximate surface area is 232 Å². The monoisotopic (exact) mass is 547 g/mol. The lowest BCUT2D eigenvalue weighted by Gasteiger charge is -2.40. The third-order valence-corrected chi connectivity index (χ3v) is 8.40. The second-order valence-corrected chi connectivity index (χ2v) is 11.2. The number of anilines is 1. The molecule has 0 bridgehead atoms. The number of nitrogens with one attached hydrogen (secondary N) is 1. The van der Waals surface area contributed by atoms with Gasteiger partial charge in [-0.15, -0.1) is 5.10 Å². The van der Waals surface area contributed by atoms with Crippen LogP contribution in [-0.4, -0.2) is 69.0 Å². The van der Waals surface area contributed by atoms with Crippen molar-refractivity contribution >= 4 is 28.2 Å². The van der Waals surface area contributed by atoms with Crippen molar-refractivity contribution in [3.8, 4) is 0 Å². The van der Waals surface area contributed by atoms with Crippen molar-refractivity contribution in [3.05, 3.63) is 79.9 Å². The van der Waals surface area contributed by atoms with Crippen molar-refractivity contribution in [2.24, 2.45) is 0 Å². The van der Waals surface area contributed by atoms with E-state index in [0.29, 0.717) is 17.9 Å². The van der Waals surface area contributed by atoms with E-state index in [9.17, 15) is 4.79 Å². The number of benzene rings is 2. The summed E-state index contributed by atoms with van der Waals surface area (Å²) >= 11 is 6.33. The molecule has 4 aromatic rings. The lowest BCUT2D eigenvalue weighted by Crippen LogP contribution is -2.49. The van der Waals surface area contributed by atoms with Crippen LogP contribution >= 0.6 is 11.6 Å². The maximum atomic E-state index is 13.7. The van der Waals surface area contributed by atoms with E-state index < -0.39 is 6.04 Å². The molecule has 0 saturated carbocycles. The van der Waals surface area contributed by atoms with Crippen LogP contribution in [0.25, 0.3) is 10.9 Å². The minimum absolute atomic E-state index is 0.0790. The predicted molar refractivity (Wildman–Crippen MR) is 153 cm³/mol. The fraction of sp³-hybridized carbons (Fsp3) is 0.448. The molecule has 204 valence electrons. The van der Waals surface area contributed by atoms with E-state index in [2.05, 4.69) is 56.3 Å². The Morgan fingerprint density at radius 2 is 1.82 bits per heavy atom. The highest BCUT2D eigenvalue weighted by Gasteiger charge is 2.34. The second-order valence-electron chi connectivity index (χ2n) is 10.8. The molecule has 9 nitrogen and oxygen atoms in total. The average molecular weight is 548 g/mol. The minimum atomic E-state index is -0.392. The zero-order valence-corrected chi connectivity index (χ0v) is 23.4. The van der Waals surface area contributed by atoms with Gasteiger partial charge in [0.05, 0.1) is 18.2 Å². The molecule has 4 heterocycles. The van der Waals surface area contributed by atoms with Crippen LogP contribution in [0.1, 0.15) is 47.0 Å². The number of aromatic nitrogens is 5. The number of hydrogen-bond acceptors (Lipinski definition) is 7. The van der Waals surface area contributed by atoms with Gasteiger partial charge in [0.2, 0.25) is 0 Å². The van der Waals surface area contributed by atoms with Gasteiger partial charge in [-0.1, -0.05) is 29.8 Å². The smallest absolute Gasteiger partial charge is 0.253 e. The number of rotatable bonds is 6. The highest BCUT2D eigenvalue weighted by molar-refractivity contribution is 6.30. The Kier molecular flexibility index (Phi) is 7.14. The molecule has 10 heteroatoms. The fourth-order valence-electron chi connectivity index (χ4n) is 5.96. The first-order chi connectivity index (χ1) is 18.9. The third kappa shape index (κ3) is 5.06. The van der Waals surface area contributed by atoms with Gasteiger partial charge in [0.1, 0.15) is 6.04 Å². The molecule has 1 N–H and O–H groups in total. The number of ether oxygens (including phenoxy) is 1. The molecule has 0 radical (unpaired) electrons. The number of hydrogen-bond donors (Lipinski definition) is 1. The number of halogens is 1. The van der Waals surface area contributed by atoms with Crippen molar-refractivity contribution in [2.75, 3.05) is 37.7 Å². The summed E-state index contributed by atoms with van der Waals surface area (Å²) in [4.78, 5) is 21.6. The van der Waals surface area contributed by atoms with Crippen LogP contribution in [-0.2, 0) is 11.3 Å². The highest BCUT2D eigenvalue weighted by atomic mass is 35.5. The number of H-pyrrole nitrogens is 1. The summed E-state index contributed by atoms with van der Waals surface area (Å²) in [5.41, 5.74) is 5.94. The molecule has 2 saturated heterocycles. The molecule has 6 rings (SSSR count). The van der Waals surface area contributed by atoms with E-state index in [0.717, 1.165) is 78.4 Å². The zero-order chi connectivity index (χ0) is 27.1. The Hall–Kier alpha value is -3.27. The van der Waals surface area contributed by atoms with Gasteiger partial charge in [0.15, 0.2) is 5.82 Å². The highest BCUT2D eigenvalue weighted by Crippen LogP contribution is 2.32. The number of nitrogens with zero attached hydrogens (tertiary/aromatic N) is 6. The molecular formula is C29H34ClN7O2. The SMILES string of the molecule is Cc1ccc(Cl)cc1N1CCN([C@@H](c2cc3c(C)ccc(C)c3[nH]c2=O)c2nnnn2C[C@H]2CCCO2)CC1. The number of tetrazole rings is 1. The van der Waals surface area contributed by atoms with Gasteiger partial charge in [0.25, 0.3) is 5.56 Å². The first kappa shape index (κ1) is 26.0. The molecule has 2 aromatic heterocycles. The zero-order valence-electron chi connectivity index (χ0n) is 22.7. The van der Waals surface area contributed by atoms with Crippen LogP contribution in [0.15, 0.2) is 41.2 Å². The van der Waals surface area contributed by atoms with Gasteiger partial charge < -0.3 is 14.6 Å². The molecule has 2 fully saturated rings. The average Bonchev–Trinajstić information content (AvgIpc) is 3.62. The van der Waals surface area contributed by atoms with Crippen LogP contribution in [0.4, 0.5) is 5.69 Å². The van der Waals surface area contributed by atoms with Crippen LogP contribution in [0.5, 0.6) is 0 Å². The molecule has 0 unspecified atom stereocenters. The summed E-state index contributed by atoms with van der Waals surface area (Å²) in [6.45, 7) is 10.6. The molecule has 2 aliphatic rings.